The first-order chi connectivity index (χ1) is 6.08. The van der Waals surface area contributed by atoms with E-state index in [4.69, 9.17) is 5.73 Å². The van der Waals surface area contributed by atoms with Crippen LogP contribution in [0.1, 0.15) is 26.7 Å². The Morgan fingerprint density at radius 1 is 1.31 bits per heavy atom. The van der Waals surface area contributed by atoms with Crippen LogP contribution in [-0.2, 0) is 0 Å². The number of nitrogens with zero attached hydrogens (tertiary/aromatic N) is 1. The molecule has 80 valence electrons. The van der Waals surface area contributed by atoms with Gasteiger partial charge in [-0.05, 0) is 26.1 Å². The lowest BCUT2D eigenvalue weighted by atomic mass is 9.94. The topological polar surface area (TPSA) is 29.3 Å². The van der Waals surface area contributed by atoms with E-state index in [2.05, 4.69) is 32.1 Å². The zero-order valence-corrected chi connectivity index (χ0v) is 10.3. The molecule has 0 bridgehead atoms. The van der Waals surface area contributed by atoms with Crippen LogP contribution in [0.2, 0.25) is 0 Å². The summed E-state index contributed by atoms with van der Waals surface area (Å²) >= 11 is 1.89. The molecule has 13 heavy (non-hydrogen) atoms. The highest BCUT2D eigenvalue weighted by atomic mass is 32.2. The van der Waals surface area contributed by atoms with E-state index in [1.807, 2.05) is 11.8 Å². The van der Waals surface area contributed by atoms with Crippen LogP contribution in [0.5, 0.6) is 0 Å². The number of hydrogen-bond acceptors (Lipinski definition) is 3. The molecule has 0 saturated carbocycles. The Bertz CT molecular complexity index is 124. The number of nitrogens with two attached hydrogens (primary N) is 1. The van der Waals surface area contributed by atoms with Gasteiger partial charge in [-0.3, -0.25) is 0 Å². The molecule has 0 aliphatic heterocycles. The number of likely N-dealkylation sites (N-methyl/N-ethyl adjacent to an activating group) is 1. The third-order valence-electron chi connectivity index (χ3n) is 2.67. The van der Waals surface area contributed by atoms with Gasteiger partial charge in [0, 0.05) is 24.4 Å². The summed E-state index contributed by atoms with van der Waals surface area (Å²) in [6.07, 6.45) is 4.27. The molecule has 0 saturated heterocycles. The molecule has 0 atom stereocenters. The summed E-state index contributed by atoms with van der Waals surface area (Å²) in [5, 5.41) is 0. The van der Waals surface area contributed by atoms with Crippen LogP contribution in [0.4, 0.5) is 0 Å². The van der Waals surface area contributed by atoms with E-state index >= 15 is 0 Å². The molecule has 0 fully saturated rings. The van der Waals surface area contributed by atoms with E-state index in [-0.39, 0.29) is 5.54 Å². The second-order valence-electron chi connectivity index (χ2n) is 3.80. The average molecular weight is 204 g/mol. The Kier molecular flexibility index (Phi) is 6.82. The lowest BCUT2D eigenvalue weighted by Crippen LogP contribution is -2.48. The fourth-order valence-electron chi connectivity index (χ4n) is 1.34. The molecule has 2 nitrogen and oxygen atoms in total. The molecule has 0 heterocycles. The van der Waals surface area contributed by atoms with Crippen molar-refractivity contribution in [2.45, 2.75) is 32.2 Å². The van der Waals surface area contributed by atoms with Crippen LogP contribution >= 0.6 is 11.8 Å². The molecule has 0 amide bonds. The maximum Gasteiger partial charge on any atom is 0.0278 e. The van der Waals surface area contributed by atoms with Crippen molar-refractivity contribution in [2.75, 3.05) is 32.1 Å². The normalized spacial score (nSPS) is 12.5. The number of thioether (sulfide) groups is 1. The van der Waals surface area contributed by atoms with Gasteiger partial charge in [-0.15, -0.1) is 0 Å². The van der Waals surface area contributed by atoms with Crippen LogP contribution < -0.4 is 5.73 Å². The van der Waals surface area contributed by atoms with E-state index in [0.29, 0.717) is 0 Å². The summed E-state index contributed by atoms with van der Waals surface area (Å²) in [7, 11) is 2.16. The van der Waals surface area contributed by atoms with Crippen LogP contribution in [0, 0.1) is 0 Å². The van der Waals surface area contributed by atoms with E-state index in [9.17, 15) is 0 Å². The van der Waals surface area contributed by atoms with Gasteiger partial charge in [-0.25, -0.2) is 0 Å². The van der Waals surface area contributed by atoms with Crippen LogP contribution in [-0.4, -0.2) is 42.6 Å². The minimum absolute atomic E-state index is 0.0210. The summed E-state index contributed by atoms with van der Waals surface area (Å²) in [6, 6.07) is 0. The predicted molar refractivity (Wildman–Crippen MR) is 63.4 cm³/mol. The molecule has 3 heteroatoms. The maximum absolute atomic E-state index is 6.22. The molecule has 0 aliphatic carbocycles. The van der Waals surface area contributed by atoms with Crippen molar-refractivity contribution in [2.24, 2.45) is 5.73 Å². The average Bonchev–Trinajstić information content (AvgIpc) is 2.14. The van der Waals surface area contributed by atoms with Gasteiger partial charge in [-0.2, -0.15) is 11.8 Å². The summed E-state index contributed by atoms with van der Waals surface area (Å²) in [5.41, 5.74) is 6.24. The van der Waals surface area contributed by atoms with E-state index in [1.165, 1.54) is 5.75 Å². The van der Waals surface area contributed by atoms with Gasteiger partial charge in [0.15, 0.2) is 0 Å². The zero-order chi connectivity index (χ0) is 10.3. The Morgan fingerprint density at radius 3 is 2.23 bits per heavy atom. The fraction of sp³-hybridized carbons (Fsp3) is 1.00. The van der Waals surface area contributed by atoms with E-state index in [1.54, 1.807) is 0 Å². The summed E-state index contributed by atoms with van der Waals surface area (Å²) in [4.78, 5) is 2.34. The van der Waals surface area contributed by atoms with Crippen molar-refractivity contribution in [3.63, 3.8) is 0 Å². The summed E-state index contributed by atoms with van der Waals surface area (Å²) in [6.45, 7) is 6.50. The van der Waals surface area contributed by atoms with Crippen molar-refractivity contribution in [1.82, 2.24) is 4.90 Å². The lowest BCUT2D eigenvalue weighted by Gasteiger charge is -2.31. The van der Waals surface area contributed by atoms with Gasteiger partial charge in [0.25, 0.3) is 0 Å². The SMILES string of the molecule is CCC(N)(CC)CN(C)CCSC. The first kappa shape index (κ1) is 13.3. The minimum Gasteiger partial charge on any atom is -0.324 e. The largest absolute Gasteiger partial charge is 0.324 e. The molecule has 0 aliphatic rings. The highest BCUT2D eigenvalue weighted by Gasteiger charge is 2.21. The van der Waals surface area contributed by atoms with Crippen molar-refractivity contribution in [3.8, 4) is 0 Å². The molecule has 0 radical (unpaired) electrons. The molecule has 0 aromatic heterocycles. The monoisotopic (exact) mass is 204 g/mol. The first-order valence-corrected chi connectivity index (χ1v) is 6.43. The molecule has 0 unspecified atom stereocenters. The van der Waals surface area contributed by atoms with Crippen molar-refractivity contribution < 1.29 is 0 Å². The smallest absolute Gasteiger partial charge is 0.0278 e. The standard InChI is InChI=1S/C10H24N2S/c1-5-10(11,6-2)9-12(3)7-8-13-4/h5-9,11H2,1-4H3. The van der Waals surface area contributed by atoms with Crippen LogP contribution in [0.15, 0.2) is 0 Å². The second-order valence-corrected chi connectivity index (χ2v) is 4.79. The fourth-order valence-corrected chi connectivity index (χ4v) is 1.83. The molecule has 0 rings (SSSR count). The van der Waals surface area contributed by atoms with Gasteiger partial charge in [0.05, 0.1) is 0 Å². The third-order valence-corrected chi connectivity index (χ3v) is 3.26. The highest BCUT2D eigenvalue weighted by Crippen LogP contribution is 2.12. The molecule has 0 spiro atoms. The zero-order valence-electron chi connectivity index (χ0n) is 9.47. The molecule has 0 aromatic carbocycles. The molecular weight excluding hydrogens is 180 g/mol. The third kappa shape index (κ3) is 5.55. The maximum atomic E-state index is 6.22. The Balaban J connectivity index is 3.79. The van der Waals surface area contributed by atoms with Crippen molar-refractivity contribution >= 4 is 11.8 Å². The van der Waals surface area contributed by atoms with Gasteiger partial charge < -0.3 is 10.6 Å². The molecular formula is C10H24N2S. The molecule has 2 N–H and O–H groups in total. The Morgan fingerprint density at radius 2 is 1.85 bits per heavy atom. The van der Waals surface area contributed by atoms with Gasteiger partial charge >= 0.3 is 0 Å². The van der Waals surface area contributed by atoms with Gasteiger partial charge in [-0.1, -0.05) is 13.8 Å². The Labute approximate surface area is 87.2 Å². The van der Waals surface area contributed by atoms with Crippen LogP contribution in [0.3, 0.4) is 0 Å². The predicted octanol–water partition coefficient (Wildman–Crippen LogP) is 1.80. The van der Waals surface area contributed by atoms with Crippen LogP contribution in [0.25, 0.3) is 0 Å². The summed E-state index contributed by atoms with van der Waals surface area (Å²) in [5.74, 6) is 1.19. The van der Waals surface area contributed by atoms with Gasteiger partial charge in [0.1, 0.15) is 0 Å². The van der Waals surface area contributed by atoms with Gasteiger partial charge in [0.2, 0.25) is 0 Å². The van der Waals surface area contributed by atoms with Crippen molar-refractivity contribution in [1.29, 1.82) is 0 Å². The molecule has 0 aromatic rings. The van der Waals surface area contributed by atoms with E-state index in [0.717, 1.165) is 25.9 Å². The number of hydrogen-bond donors (Lipinski definition) is 1. The quantitative estimate of drug-likeness (QED) is 0.686. The summed E-state index contributed by atoms with van der Waals surface area (Å²) < 4.78 is 0. The highest BCUT2D eigenvalue weighted by molar-refractivity contribution is 7.98. The lowest BCUT2D eigenvalue weighted by molar-refractivity contribution is 0.244. The van der Waals surface area contributed by atoms with E-state index < -0.39 is 0 Å². The number of rotatable bonds is 7. The Hall–Kier alpha value is 0.270. The van der Waals surface area contributed by atoms with Crippen molar-refractivity contribution in [3.05, 3.63) is 0 Å². The second kappa shape index (κ2) is 6.68. The minimum atomic E-state index is 0.0210. The first-order valence-electron chi connectivity index (χ1n) is 5.04.